The van der Waals surface area contributed by atoms with Gasteiger partial charge in [0, 0.05) is 15.9 Å². The van der Waals surface area contributed by atoms with Crippen molar-refractivity contribution in [2.45, 2.75) is 6.04 Å². The van der Waals surface area contributed by atoms with E-state index in [-0.39, 0.29) is 11.7 Å². The number of hydrogen-bond acceptors (Lipinski definition) is 5. The number of hydrogen-bond donors (Lipinski definition) is 0. The molecule has 0 aromatic heterocycles. The molecule has 8 heteroatoms. The highest BCUT2D eigenvalue weighted by Crippen LogP contribution is 2.36. The van der Waals surface area contributed by atoms with E-state index in [1.54, 1.807) is 42.5 Å². The van der Waals surface area contributed by atoms with E-state index in [4.69, 9.17) is 9.47 Å². The van der Waals surface area contributed by atoms with E-state index < -0.39 is 15.9 Å². The molecule has 0 fully saturated rings. The molecule has 142 valence electrons. The van der Waals surface area contributed by atoms with E-state index >= 15 is 0 Å². The zero-order valence-electron chi connectivity index (χ0n) is 14.8. The minimum Gasteiger partial charge on any atom is -0.497 e. The third-order valence-corrected chi connectivity index (χ3v) is 6.28. The summed E-state index contributed by atoms with van der Waals surface area (Å²) in [6.07, 6.45) is 1.52. The number of nitrogens with zero attached hydrogens (tertiary/aromatic N) is 1. The first kappa shape index (κ1) is 19.4. The summed E-state index contributed by atoms with van der Waals surface area (Å²) >= 11 is 3.39. The van der Waals surface area contributed by atoms with Crippen LogP contribution in [0.3, 0.4) is 0 Å². The van der Waals surface area contributed by atoms with Crippen LogP contribution >= 0.6 is 15.9 Å². The van der Waals surface area contributed by atoms with Crippen LogP contribution in [0.1, 0.15) is 10.4 Å². The first-order valence-electron chi connectivity index (χ1n) is 8.07. The largest absolute Gasteiger partial charge is 0.497 e. The van der Waals surface area contributed by atoms with Crippen LogP contribution in [0, 0.1) is 0 Å². The quantitative estimate of drug-likeness (QED) is 0.695. The number of halogens is 1. The van der Waals surface area contributed by atoms with Crippen LogP contribution in [0.5, 0.6) is 11.5 Å². The zero-order valence-corrected chi connectivity index (χ0v) is 17.2. The van der Waals surface area contributed by atoms with Gasteiger partial charge in [0.15, 0.2) is 9.84 Å². The molecular weight excluding hydrogens is 434 g/mol. The fraction of sp³-hybridized carbons (Fsp3) is 0.211. The van der Waals surface area contributed by atoms with Gasteiger partial charge in [-0.25, -0.2) is 8.42 Å². The monoisotopic (exact) mass is 451 g/mol. The number of carbonyl (C=O) groups excluding carboxylic acids is 1. The molecule has 0 radical (unpaired) electrons. The molecule has 0 N–H and O–H groups in total. The normalized spacial score (nSPS) is 17.5. The molecule has 0 saturated carbocycles. The fourth-order valence-electron chi connectivity index (χ4n) is 2.91. The van der Waals surface area contributed by atoms with Gasteiger partial charge in [-0.2, -0.15) is 0 Å². The lowest BCUT2D eigenvalue weighted by molar-refractivity contribution is 0.0981. The molecule has 1 atom stereocenters. The van der Waals surface area contributed by atoms with Crippen molar-refractivity contribution in [3.63, 3.8) is 0 Å². The minimum atomic E-state index is -3.36. The molecule has 0 saturated heterocycles. The van der Waals surface area contributed by atoms with Crippen LogP contribution in [0.2, 0.25) is 0 Å². The highest BCUT2D eigenvalue weighted by Gasteiger charge is 2.34. The number of rotatable bonds is 5. The maximum Gasteiger partial charge on any atom is 0.260 e. The topological polar surface area (TPSA) is 72.9 Å². The molecule has 0 unspecified atom stereocenters. The number of ether oxygens (including phenoxy) is 2. The molecule has 1 heterocycles. The van der Waals surface area contributed by atoms with Crippen molar-refractivity contribution in [1.29, 1.82) is 0 Å². The molecule has 3 rings (SSSR count). The van der Waals surface area contributed by atoms with Crippen molar-refractivity contribution in [1.82, 2.24) is 0 Å². The number of anilines is 1. The summed E-state index contributed by atoms with van der Waals surface area (Å²) < 4.78 is 35.2. The third kappa shape index (κ3) is 4.01. The Bertz CT molecular complexity index is 1000. The second-order valence-electron chi connectivity index (χ2n) is 5.92. The van der Waals surface area contributed by atoms with Crippen LogP contribution in [0.4, 0.5) is 5.69 Å². The summed E-state index contributed by atoms with van der Waals surface area (Å²) in [6.45, 7) is 0. The average Bonchev–Trinajstić information content (AvgIpc) is 3.01. The van der Waals surface area contributed by atoms with E-state index in [1.165, 1.54) is 25.2 Å². The number of amides is 1. The SMILES string of the molecule is COc1ccc(N(C(=O)c2ccccc2Br)[C@H]2C=CS(=O)(=O)C2)c(OC)c1. The summed E-state index contributed by atoms with van der Waals surface area (Å²) in [5, 5.41) is 1.15. The first-order valence-corrected chi connectivity index (χ1v) is 10.6. The Kier molecular flexibility index (Phi) is 5.57. The van der Waals surface area contributed by atoms with Crippen molar-refractivity contribution < 1.29 is 22.7 Å². The summed E-state index contributed by atoms with van der Waals surface area (Å²) in [5.74, 6) is 0.460. The highest BCUT2D eigenvalue weighted by molar-refractivity contribution is 9.10. The van der Waals surface area contributed by atoms with Gasteiger partial charge < -0.3 is 9.47 Å². The smallest absolute Gasteiger partial charge is 0.260 e. The van der Waals surface area contributed by atoms with Gasteiger partial charge in [-0.3, -0.25) is 9.69 Å². The molecule has 27 heavy (non-hydrogen) atoms. The standard InChI is InChI=1S/C19H18BrNO5S/c1-25-14-7-8-17(18(11-14)26-2)21(13-9-10-27(23,24)12-13)19(22)15-5-3-4-6-16(15)20/h3-11,13H,12H2,1-2H3/t13-/m0/s1. The molecule has 1 aliphatic rings. The van der Waals surface area contributed by atoms with E-state index in [9.17, 15) is 13.2 Å². The maximum atomic E-state index is 13.4. The Balaban J connectivity index is 2.13. The van der Waals surface area contributed by atoms with Gasteiger partial charge in [-0.05, 0) is 46.3 Å². The number of carbonyl (C=O) groups is 1. The van der Waals surface area contributed by atoms with Crippen LogP contribution in [0.25, 0.3) is 0 Å². The Morgan fingerprint density at radius 2 is 1.89 bits per heavy atom. The Morgan fingerprint density at radius 3 is 2.48 bits per heavy atom. The second-order valence-corrected chi connectivity index (χ2v) is 8.70. The number of methoxy groups -OCH3 is 2. The predicted octanol–water partition coefficient (Wildman–Crippen LogP) is 3.42. The van der Waals surface area contributed by atoms with Crippen LogP contribution in [-0.4, -0.2) is 40.3 Å². The maximum absolute atomic E-state index is 13.4. The lowest BCUT2D eigenvalue weighted by Crippen LogP contribution is -2.41. The van der Waals surface area contributed by atoms with Gasteiger partial charge >= 0.3 is 0 Å². The van der Waals surface area contributed by atoms with Gasteiger partial charge in [0.25, 0.3) is 5.91 Å². The average molecular weight is 452 g/mol. The van der Waals surface area contributed by atoms with Gasteiger partial charge in [0.05, 0.1) is 37.3 Å². The highest BCUT2D eigenvalue weighted by atomic mass is 79.9. The Labute approximate surface area is 166 Å². The second kappa shape index (κ2) is 7.74. The molecule has 0 spiro atoms. The van der Waals surface area contributed by atoms with E-state index in [2.05, 4.69) is 15.9 Å². The van der Waals surface area contributed by atoms with Crippen LogP contribution in [0.15, 0.2) is 58.4 Å². The van der Waals surface area contributed by atoms with E-state index in [1.807, 2.05) is 0 Å². The lowest BCUT2D eigenvalue weighted by Gasteiger charge is -2.29. The lowest BCUT2D eigenvalue weighted by atomic mass is 10.1. The van der Waals surface area contributed by atoms with E-state index in [0.29, 0.717) is 27.2 Å². The third-order valence-electron chi connectivity index (χ3n) is 4.21. The van der Waals surface area contributed by atoms with Crippen LogP contribution in [-0.2, 0) is 9.84 Å². The molecule has 0 bridgehead atoms. The summed E-state index contributed by atoms with van der Waals surface area (Å²) in [5.41, 5.74) is 0.888. The van der Waals surface area contributed by atoms with Crippen molar-refractivity contribution in [2.75, 3.05) is 24.9 Å². The molecule has 0 aliphatic carbocycles. The fourth-order valence-corrected chi connectivity index (χ4v) is 4.63. The van der Waals surface area contributed by atoms with Crippen molar-refractivity contribution in [2.24, 2.45) is 0 Å². The molecule has 6 nitrogen and oxygen atoms in total. The van der Waals surface area contributed by atoms with Gasteiger partial charge in [0.1, 0.15) is 11.5 Å². The number of benzene rings is 2. The van der Waals surface area contributed by atoms with Gasteiger partial charge in [-0.1, -0.05) is 12.1 Å². The van der Waals surface area contributed by atoms with Crippen LogP contribution < -0.4 is 14.4 Å². The summed E-state index contributed by atoms with van der Waals surface area (Å²) in [4.78, 5) is 14.8. The van der Waals surface area contributed by atoms with Crippen molar-refractivity contribution in [3.8, 4) is 11.5 Å². The van der Waals surface area contributed by atoms with Crippen molar-refractivity contribution >= 4 is 37.4 Å². The summed E-state index contributed by atoms with van der Waals surface area (Å²) in [6, 6.07) is 11.4. The van der Waals surface area contributed by atoms with Gasteiger partial charge in [-0.15, -0.1) is 0 Å². The first-order chi connectivity index (χ1) is 12.9. The molecule has 2 aromatic rings. The molecule has 1 amide bonds. The minimum absolute atomic E-state index is 0.182. The summed E-state index contributed by atoms with van der Waals surface area (Å²) in [7, 11) is -0.339. The Morgan fingerprint density at radius 1 is 1.15 bits per heavy atom. The molecule has 2 aromatic carbocycles. The molecular formula is C19H18BrNO5S. The number of sulfone groups is 1. The van der Waals surface area contributed by atoms with Gasteiger partial charge in [0.2, 0.25) is 0 Å². The zero-order chi connectivity index (χ0) is 19.6. The Hall–Kier alpha value is -2.32. The van der Waals surface area contributed by atoms with E-state index in [0.717, 1.165) is 5.41 Å². The van der Waals surface area contributed by atoms with Crippen molar-refractivity contribution in [3.05, 3.63) is 64.0 Å². The molecule has 1 aliphatic heterocycles. The predicted molar refractivity (Wildman–Crippen MR) is 107 cm³/mol.